The van der Waals surface area contributed by atoms with Crippen LogP contribution in [0.3, 0.4) is 0 Å². The molecule has 0 unspecified atom stereocenters. The van der Waals surface area contributed by atoms with Gasteiger partial charge in [0.2, 0.25) is 0 Å². The molecule has 0 atom stereocenters. The number of nitrogens with two attached hydrogens (primary N) is 1. The molecule has 1 heterocycles. The number of nitrogens with one attached hydrogen (secondary N) is 1. The van der Waals surface area contributed by atoms with Gasteiger partial charge >= 0.3 is 0 Å². The lowest BCUT2D eigenvalue weighted by Crippen LogP contribution is -2.44. The highest BCUT2D eigenvalue weighted by molar-refractivity contribution is 8.00. The number of halogens is 1. The summed E-state index contributed by atoms with van der Waals surface area (Å²) < 4.78 is 0.163. The van der Waals surface area contributed by atoms with Crippen LogP contribution in [0, 0.1) is 0 Å². The molecule has 0 spiro atoms. The lowest BCUT2D eigenvalue weighted by Gasteiger charge is -2.36. The first-order valence-electron chi connectivity index (χ1n) is 5.60. The third-order valence-electron chi connectivity index (χ3n) is 3.05. The molecule has 3 N–H and O–H groups in total. The Labute approximate surface area is 106 Å². The fraction of sp³-hybridized carbons (Fsp3) is 0.500. The second-order valence-electron chi connectivity index (χ2n) is 4.17. The summed E-state index contributed by atoms with van der Waals surface area (Å²) in [5.41, 5.74) is 5.94. The second kappa shape index (κ2) is 5.41. The van der Waals surface area contributed by atoms with Gasteiger partial charge < -0.3 is 11.1 Å². The van der Waals surface area contributed by atoms with Gasteiger partial charge in [-0.05, 0) is 38.1 Å². The van der Waals surface area contributed by atoms with Crippen LogP contribution < -0.4 is 11.1 Å². The predicted molar refractivity (Wildman–Crippen MR) is 71.2 cm³/mol. The van der Waals surface area contributed by atoms with Gasteiger partial charge in [-0.15, -0.1) is 11.8 Å². The van der Waals surface area contributed by atoms with Crippen LogP contribution in [-0.4, -0.2) is 24.4 Å². The highest BCUT2D eigenvalue weighted by Gasteiger charge is 2.32. The molecular formula is C12H17ClN2S. The number of rotatable bonds is 3. The minimum Gasteiger partial charge on any atom is -0.329 e. The number of benzene rings is 1. The molecule has 4 heteroatoms. The topological polar surface area (TPSA) is 38.0 Å². The summed E-state index contributed by atoms with van der Waals surface area (Å²) in [6.07, 6.45) is 2.22. The van der Waals surface area contributed by atoms with Crippen molar-refractivity contribution in [1.82, 2.24) is 5.32 Å². The zero-order valence-corrected chi connectivity index (χ0v) is 10.8. The van der Waals surface area contributed by atoms with Crippen molar-refractivity contribution in [2.24, 2.45) is 5.73 Å². The van der Waals surface area contributed by atoms with Crippen LogP contribution >= 0.6 is 23.4 Å². The number of thioether (sulfide) groups is 1. The predicted octanol–water partition coefficient (Wildman–Crippen LogP) is 2.51. The molecular weight excluding hydrogens is 240 g/mol. The Kier molecular flexibility index (Phi) is 4.14. The molecule has 0 amide bonds. The standard InChI is InChI=1S/C12H17ClN2S/c13-10-3-1-2-4-11(10)16-12(9-14)5-7-15-8-6-12/h1-4,15H,5-9,14H2. The Balaban J connectivity index is 2.15. The molecule has 0 aliphatic carbocycles. The molecule has 1 aromatic rings. The largest absolute Gasteiger partial charge is 0.329 e. The van der Waals surface area contributed by atoms with E-state index in [1.807, 2.05) is 30.0 Å². The van der Waals surface area contributed by atoms with Gasteiger partial charge in [0.25, 0.3) is 0 Å². The van der Waals surface area contributed by atoms with Crippen LogP contribution in [0.4, 0.5) is 0 Å². The van der Waals surface area contributed by atoms with Gasteiger partial charge in [0, 0.05) is 16.2 Å². The first-order chi connectivity index (χ1) is 7.76. The first-order valence-corrected chi connectivity index (χ1v) is 6.80. The first kappa shape index (κ1) is 12.2. The van der Waals surface area contributed by atoms with Crippen molar-refractivity contribution in [2.45, 2.75) is 22.5 Å². The van der Waals surface area contributed by atoms with Crippen molar-refractivity contribution >= 4 is 23.4 Å². The van der Waals surface area contributed by atoms with Crippen LogP contribution in [-0.2, 0) is 0 Å². The van der Waals surface area contributed by atoms with E-state index in [4.69, 9.17) is 17.3 Å². The van der Waals surface area contributed by atoms with E-state index in [-0.39, 0.29) is 4.75 Å². The van der Waals surface area contributed by atoms with E-state index in [0.717, 1.165) is 35.8 Å². The third-order valence-corrected chi connectivity index (χ3v) is 5.08. The molecule has 1 fully saturated rings. The zero-order valence-electron chi connectivity index (χ0n) is 9.21. The van der Waals surface area contributed by atoms with Crippen molar-refractivity contribution < 1.29 is 0 Å². The summed E-state index contributed by atoms with van der Waals surface area (Å²) >= 11 is 8.03. The Morgan fingerprint density at radius 2 is 2.00 bits per heavy atom. The summed E-state index contributed by atoms with van der Waals surface area (Å²) in [6.45, 7) is 2.81. The maximum Gasteiger partial charge on any atom is 0.0542 e. The molecule has 88 valence electrons. The second-order valence-corrected chi connectivity index (χ2v) is 6.09. The van der Waals surface area contributed by atoms with Gasteiger partial charge in [0.1, 0.15) is 0 Å². The average molecular weight is 257 g/mol. The molecule has 16 heavy (non-hydrogen) atoms. The van der Waals surface area contributed by atoms with Gasteiger partial charge in [0.05, 0.1) is 5.02 Å². The maximum absolute atomic E-state index is 6.19. The molecule has 0 radical (unpaired) electrons. The van der Waals surface area contributed by atoms with E-state index in [9.17, 15) is 0 Å². The number of hydrogen-bond donors (Lipinski definition) is 2. The van der Waals surface area contributed by atoms with Crippen LogP contribution in [0.2, 0.25) is 5.02 Å². The Morgan fingerprint density at radius 1 is 1.31 bits per heavy atom. The lowest BCUT2D eigenvalue weighted by atomic mass is 9.97. The highest BCUT2D eigenvalue weighted by Crippen LogP contribution is 2.41. The quantitative estimate of drug-likeness (QED) is 0.873. The molecule has 2 rings (SSSR count). The number of piperidine rings is 1. The van der Waals surface area contributed by atoms with Crippen molar-refractivity contribution in [2.75, 3.05) is 19.6 Å². The lowest BCUT2D eigenvalue weighted by molar-refractivity contribution is 0.420. The molecule has 0 aromatic heterocycles. The smallest absolute Gasteiger partial charge is 0.0542 e. The van der Waals surface area contributed by atoms with Crippen LogP contribution in [0.25, 0.3) is 0 Å². The van der Waals surface area contributed by atoms with Crippen LogP contribution in [0.5, 0.6) is 0 Å². The average Bonchev–Trinajstić information content (AvgIpc) is 2.33. The molecule has 1 aliphatic heterocycles. The number of hydrogen-bond acceptors (Lipinski definition) is 3. The van der Waals surface area contributed by atoms with Gasteiger partial charge in [0.15, 0.2) is 0 Å². The van der Waals surface area contributed by atoms with Gasteiger partial charge in [-0.2, -0.15) is 0 Å². The Bertz CT molecular complexity index is 351. The maximum atomic E-state index is 6.19. The van der Waals surface area contributed by atoms with Crippen LogP contribution in [0.1, 0.15) is 12.8 Å². The normalized spacial score (nSPS) is 19.6. The molecule has 1 aliphatic rings. The van der Waals surface area contributed by atoms with E-state index in [0.29, 0.717) is 6.54 Å². The summed E-state index contributed by atoms with van der Waals surface area (Å²) in [6, 6.07) is 8.01. The van der Waals surface area contributed by atoms with Crippen molar-refractivity contribution in [1.29, 1.82) is 0 Å². The SMILES string of the molecule is NCC1(Sc2ccccc2Cl)CCNCC1. The van der Waals surface area contributed by atoms with E-state index >= 15 is 0 Å². The molecule has 0 saturated carbocycles. The molecule has 1 aromatic carbocycles. The summed E-state index contributed by atoms with van der Waals surface area (Å²) in [7, 11) is 0. The summed E-state index contributed by atoms with van der Waals surface area (Å²) in [5, 5.41) is 4.20. The summed E-state index contributed by atoms with van der Waals surface area (Å²) in [5.74, 6) is 0. The monoisotopic (exact) mass is 256 g/mol. The van der Waals surface area contributed by atoms with Gasteiger partial charge in [-0.1, -0.05) is 23.7 Å². The van der Waals surface area contributed by atoms with E-state index in [2.05, 4.69) is 11.4 Å². The Morgan fingerprint density at radius 3 is 2.62 bits per heavy atom. The Hall–Kier alpha value is -0.220. The zero-order chi connectivity index (χ0) is 11.4. The minimum absolute atomic E-state index is 0.163. The van der Waals surface area contributed by atoms with Gasteiger partial charge in [-0.3, -0.25) is 0 Å². The van der Waals surface area contributed by atoms with Gasteiger partial charge in [-0.25, -0.2) is 0 Å². The summed E-state index contributed by atoms with van der Waals surface area (Å²) in [4.78, 5) is 1.15. The fourth-order valence-corrected chi connectivity index (χ4v) is 3.51. The highest BCUT2D eigenvalue weighted by atomic mass is 35.5. The van der Waals surface area contributed by atoms with Crippen molar-refractivity contribution in [3.05, 3.63) is 29.3 Å². The minimum atomic E-state index is 0.163. The van der Waals surface area contributed by atoms with E-state index in [1.165, 1.54) is 0 Å². The molecule has 0 bridgehead atoms. The molecule has 1 saturated heterocycles. The molecule has 2 nitrogen and oxygen atoms in total. The van der Waals surface area contributed by atoms with Crippen molar-refractivity contribution in [3.63, 3.8) is 0 Å². The fourth-order valence-electron chi connectivity index (χ4n) is 1.99. The van der Waals surface area contributed by atoms with Crippen LogP contribution in [0.15, 0.2) is 29.2 Å². The van der Waals surface area contributed by atoms with E-state index < -0.39 is 0 Å². The third kappa shape index (κ3) is 2.72. The van der Waals surface area contributed by atoms with Crippen molar-refractivity contribution in [3.8, 4) is 0 Å². The van der Waals surface area contributed by atoms with E-state index in [1.54, 1.807) is 0 Å².